The van der Waals surface area contributed by atoms with Gasteiger partial charge in [-0.1, -0.05) is 50.3 Å². The van der Waals surface area contributed by atoms with E-state index in [0.717, 1.165) is 19.4 Å². The largest absolute Gasteiger partial charge is 0.311 e. The Balaban J connectivity index is 2.19. The molecule has 0 aliphatic heterocycles. The smallest absolute Gasteiger partial charge is 0.0147 e. The zero-order valence-corrected chi connectivity index (χ0v) is 13.7. The lowest BCUT2D eigenvalue weighted by molar-refractivity contribution is 0.340. The van der Waals surface area contributed by atoms with Crippen LogP contribution in [-0.4, -0.2) is 12.1 Å². The Bertz CT molecular complexity index is 452. The second kappa shape index (κ2) is 5.73. The van der Waals surface area contributed by atoms with Crippen molar-refractivity contribution in [3.8, 4) is 0 Å². The van der Waals surface area contributed by atoms with E-state index in [1.165, 1.54) is 11.1 Å². The molecule has 1 N–H and O–H groups in total. The van der Waals surface area contributed by atoms with Gasteiger partial charge in [-0.3, -0.25) is 0 Å². The maximum Gasteiger partial charge on any atom is 0.0147 e. The summed E-state index contributed by atoms with van der Waals surface area (Å²) in [6, 6.07) is 9.29. The number of allylic oxidation sites excluding steroid dienone is 2. The van der Waals surface area contributed by atoms with Crippen LogP contribution in [0.2, 0.25) is 0 Å². The molecule has 1 nitrogen and oxygen atoms in total. The Hall–Kier alpha value is -1.08. The molecule has 110 valence electrons. The van der Waals surface area contributed by atoms with E-state index < -0.39 is 0 Å². The number of nitrogens with one attached hydrogen (secondary N) is 1. The molecule has 0 unspecified atom stereocenters. The third-order valence-corrected chi connectivity index (χ3v) is 4.33. The lowest BCUT2D eigenvalue weighted by atomic mass is 9.77. The predicted molar refractivity (Wildman–Crippen MR) is 88.3 cm³/mol. The van der Waals surface area contributed by atoms with Crippen molar-refractivity contribution in [3.05, 3.63) is 47.5 Å². The fourth-order valence-corrected chi connectivity index (χ4v) is 2.84. The van der Waals surface area contributed by atoms with E-state index in [2.05, 4.69) is 76.4 Å². The highest BCUT2D eigenvalue weighted by Crippen LogP contribution is 2.37. The summed E-state index contributed by atoms with van der Waals surface area (Å²) in [6.07, 6.45) is 6.97. The summed E-state index contributed by atoms with van der Waals surface area (Å²) in [6.45, 7) is 12.3. The van der Waals surface area contributed by atoms with E-state index in [4.69, 9.17) is 0 Å². The minimum atomic E-state index is 0.174. The molecule has 0 atom stereocenters. The number of rotatable bonds is 4. The van der Waals surface area contributed by atoms with Crippen molar-refractivity contribution in [1.82, 2.24) is 5.32 Å². The van der Waals surface area contributed by atoms with Crippen molar-refractivity contribution >= 4 is 0 Å². The van der Waals surface area contributed by atoms with Gasteiger partial charge in [0.05, 0.1) is 0 Å². The van der Waals surface area contributed by atoms with Gasteiger partial charge in [0.1, 0.15) is 0 Å². The molecule has 0 amide bonds. The molecule has 0 aromatic heterocycles. The molecule has 0 fully saturated rings. The summed E-state index contributed by atoms with van der Waals surface area (Å²) in [7, 11) is 0. The standard InChI is InChI=1S/C19H29N/c1-15(2)16-8-10-17(11-9-16)19(12-6-7-13-19)14-20-18(3,4)5/h6-11,15,20H,12-14H2,1-5H3. The van der Waals surface area contributed by atoms with E-state index in [9.17, 15) is 0 Å². The lowest BCUT2D eigenvalue weighted by Crippen LogP contribution is -2.45. The Morgan fingerprint density at radius 1 is 1.05 bits per heavy atom. The van der Waals surface area contributed by atoms with Crippen molar-refractivity contribution in [1.29, 1.82) is 0 Å². The van der Waals surface area contributed by atoms with Crippen LogP contribution >= 0.6 is 0 Å². The molecule has 1 aromatic rings. The van der Waals surface area contributed by atoms with E-state index >= 15 is 0 Å². The van der Waals surface area contributed by atoms with Crippen LogP contribution in [0.1, 0.15) is 64.5 Å². The highest BCUT2D eigenvalue weighted by Gasteiger charge is 2.33. The summed E-state index contributed by atoms with van der Waals surface area (Å²) in [5, 5.41) is 3.70. The second-order valence-electron chi connectivity index (χ2n) is 7.54. The van der Waals surface area contributed by atoms with Crippen molar-refractivity contribution in [2.75, 3.05) is 6.54 Å². The molecule has 1 aliphatic carbocycles. The van der Waals surface area contributed by atoms with Gasteiger partial charge in [-0.05, 0) is 50.7 Å². The molecule has 0 heterocycles. The molecule has 0 radical (unpaired) electrons. The first-order valence-electron chi connectivity index (χ1n) is 7.83. The molecule has 1 aliphatic rings. The average Bonchev–Trinajstić information content (AvgIpc) is 2.86. The molecule has 0 saturated heterocycles. The zero-order valence-electron chi connectivity index (χ0n) is 13.7. The van der Waals surface area contributed by atoms with Gasteiger partial charge in [0.15, 0.2) is 0 Å². The van der Waals surface area contributed by atoms with Gasteiger partial charge in [0.25, 0.3) is 0 Å². The van der Waals surface area contributed by atoms with Crippen molar-refractivity contribution in [2.24, 2.45) is 0 Å². The first-order valence-corrected chi connectivity index (χ1v) is 7.83. The molecule has 1 heteroatoms. The van der Waals surface area contributed by atoms with Gasteiger partial charge in [0.2, 0.25) is 0 Å². The quantitative estimate of drug-likeness (QED) is 0.777. The van der Waals surface area contributed by atoms with Gasteiger partial charge in [-0.2, -0.15) is 0 Å². The number of hydrogen-bond donors (Lipinski definition) is 1. The first-order chi connectivity index (χ1) is 9.32. The molecular weight excluding hydrogens is 242 g/mol. The van der Waals surface area contributed by atoms with E-state index in [1.807, 2.05) is 0 Å². The molecule has 0 bridgehead atoms. The van der Waals surface area contributed by atoms with Crippen LogP contribution in [0.4, 0.5) is 0 Å². The zero-order chi connectivity index (χ0) is 14.8. The normalized spacial score (nSPS) is 17.9. The SMILES string of the molecule is CC(C)c1ccc(C2(CNC(C)(C)C)CC=CC2)cc1. The topological polar surface area (TPSA) is 12.0 Å². The maximum atomic E-state index is 3.70. The molecular formula is C19H29N. The lowest BCUT2D eigenvalue weighted by Gasteiger charge is -2.34. The minimum Gasteiger partial charge on any atom is -0.311 e. The Morgan fingerprint density at radius 3 is 2.05 bits per heavy atom. The summed E-state index contributed by atoms with van der Waals surface area (Å²) >= 11 is 0. The van der Waals surface area contributed by atoms with E-state index in [0.29, 0.717) is 5.92 Å². The van der Waals surface area contributed by atoms with Crippen LogP contribution in [0.5, 0.6) is 0 Å². The third-order valence-electron chi connectivity index (χ3n) is 4.33. The van der Waals surface area contributed by atoms with Gasteiger partial charge < -0.3 is 5.32 Å². The van der Waals surface area contributed by atoms with Crippen molar-refractivity contribution < 1.29 is 0 Å². The summed E-state index contributed by atoms with van der Waals surface area (Å²) < 4.78 is 0. The molecule has 0 saturated carbocycles. The van der Waals surface area contributed by atoms with Crippen LogP contribution < -0.4 is 5.32 Å². The van der Waals surface area contributed by atoms with Gasteiger partial charge in [0, 0.05) is 17.5 Å². The fourth-order valence-electron chi connectivity index (χ4n) is 2.84. The number of benzene rings is 1. The summed E-state index contributed by atoms with van der Waals surface area (Å²) in [4.78, 5) is 0. The maximum absolute atomic E-state index is 3.70. The fraction of sp³-hybridized carbons (Fsp3) is 0.579. The van der Waals surface area contributed by atoms with Gasteiger partial charge >= 0.3 is 0 Å². The number of hydrogen-bond acceptors (Lipinski definition) is 1. The monoisotopic (exact) mass is 271 g/mol. The second-order valence-corrected chi connectivity index (χ2v) is 7.54. The third kappa shape index (κ3) is 3.52. The van der Waals surface area contributed by atoms with Crippen molar-refractivity contribution in [3.63, 3.8) is 0 Å². The average molecular weight is 271 g/mol. The van der Waals surface area contributed by atoms with E-state index in [-0.39, 0.29) is 11.0 Å². The van der Waals surface area contributed by atoms with Crippen LogP contribution in [0.3, 0.4) is 0 Å². The van der Waals surface area contributed by atoms with Crippen LogP contribution in [-0.2, 0) is 5.41 Å². The minimum absolute atomic E-state index is 0.174. The molecule has 0 spiro atoms. The molecule has 1 aromatic carbocycles. The highest BCUT2D eigenvalue weighted by molar-refractivity contribution is 5.34. The highest BCUT2D eigenvalue weighted by atomic mass is 15.0. The predicted octanol–water partition coefficient (Wildman–Crippen LogP) is 4.79. The van der Waals surface area contributed by atoms with Crippen molar-refractivity contribution in [2.45, 2.75) is 64.3 Å². The Kier molecular flexibility index (Phi) is 4.39. The molecule has 2 rings (SSSR count). The summed E-state index contributed by atoms with van der Waals surface area (Å²) in [5.41, 5.74) is 3.33. The van der Waals surface area contributed by atoms with Crippen LogP contribution in [0, 0.1) is 0 Å². The van der Waals surface area contributed by atoms with E-state index in [1.54, 1.807) is 0 Å². The summed E-state index contributed by atoms with van der Waals surface area (Å²) in [5.74, 6) is 0.606. The Labute approximate surface area is 124 Å². The van der Waals surface area contributed by atoms with Crippen LogP contribution in [0.25, 0.3) is 0 Å². The molecule has 20 heavy (non-hydrogen) atoms. The van der Waals surface area contributed by atoms with Gasteiger partial charge in [-0.25, -0.2) is 0 Å². The first kappa shape index (κ1) is 15.3. The Morgan fingerprint density at radius 2 is 1.60 bits per heavy atom. The van der Waals surface area contributed by atoms with Crippen LogP contribution in [0.15, 0.2) is 36.4 Å². The van der Waals surface area contributed by atoms with Gasteiger partial charge in [-0.15, -0.1) is 0 Å².